The molecule has 1 N–H and O–H groups in total. The Bertz CT molecular complexity index is 296. The van der Waals surface area contributed by atoms with Crippen LogP contribution in [0.3, 0.4) is 0 Å². The van der Waals surface area contributed by atoms with Crippen LogP contribution in [0.5, 0.6) is 0 Å². The number of allylic oxidation sites excluding steroid dienone is 4. The molecule has 3 nitrogen and oxygen atoms in total. The predicted octanol–water partition coefficient (Wildman–Crippen LogP) is 2.46. The van der Waals surface area contributed by atoms with Gasteiger partial charge in [0.2, 0.25) is 0 Å². The van der Waals surface area contributed by atoms with Gasteiger partial charge in [-0.15, -0.1) is 0 Å². The normalized spacial score (nSPS) is 6.86. The molecule has 0 fully saturated rings. The van der Waals surface area contributed by atoms with Crippen LogP contribution in [0.25, 0.3) is 0 Å². The molecule has 0 heterocycles. The Labute approximate surface area is 84.0 Å². The van der Waals surface area contributed by atoms with Crippen molar-refractivity contribution in [2.75, 3.05) is 0 Å². The first kappa shape index (κ1) is 14.4. The fourth-order valence-electron chi connectivity index (χ4n) is 0.454. The molecule has 0 bridgehead atoms. The van der Waals surface area contributed by atoms with E-state index in [-0.39, 0.29) is 0 Å². The van der Waals surface area contributed by atoms with Crippen LogP contribution >= 0.6 is 0 Å². The molecule has 0 radical (unpaired) electrons. The van der Waals surface area contributed by atoms with Gasteiger partial charge in [-0.25, -0.2) is 4.79 Å². The van der Waals surface area contributed by atoms with Crippen LogP contribution in [0.1, 0.15) is 6.92 Å². The lowest BCUT2D eigenvalue weighted by molar-refractivity contribution is -0.131. The van der Waals surface area contributed by atoms with Crippen LogP contribution in [-0.4, -0.2) is 11.1 Å². The number of nitrogens with zero attached hydrogens (tertiary/aromatic N) is 1. The zero-order chi connectivity index (χ0) is 11.6. The Kier molecular flexibility index (Phi) is 9.30. The largest absolute Gasteiger partial charge is 0.478 e. The average Bonchev–Trinajstić information content (AvgIpc) is 2.20. The Morgan fingerprint density at radius 3 is 1.71 bits per heavy atom. The third kappa shape index (κ3) is 8.02. The number of hydrogen-bond donors (Lipinski definition) is 1. The van der Waals surface area contributed by atoms with Crippen molar-refractivity contribution in [3.8, 4) is 6.07 Å². The van der Waals surface area contributed by atoms with Crippen molar-refractivity contribution < 1.29 is 9.90 Å². The molecule has 14 heavy (non-hydrogen) atoms. The van der Waals surface area contributed by atoms with Crippen LogP contribution in [0.2, 0.25) is 0 Å². The average molecular weight is 191 g/mol. The third-order valence-electron chi connectivity index (χ3n) is 1.22. The molecule has 0 atom stereocenters. The van der Waals surface area contributed by atoms with Crippen molar-refractivity contribution >= 4 is 5.97 Å². The molecule has 0 saturated carbocycles. The van der Waals surface area contributed by atoms with Gasteiger partial charge in [-0.05, 0) is 12.5 Å². The second-order valence-electron chi connectivity index (χ2n) is 2.14. The number of hydrogen-bond acceptors (Lipinski definition) is 2. The molecular formula is C11H13NO2. The number of carboxylic acids is 1. The second-order valence-corrected chi connectivity index (χ2v) is 2.14. The summed E-state index contributed by atoms with van der Waals surface area (Å²) in [6.07, 6.45) is 4.07. The summed E-state index contributed by atoms with van der Waals surface area (Å²) in [5.74, 6) is -0.981. The van der Waals surface area contributed by atoms with Gasteiger partial charge in [-0.3, -0.25) is 0 Å². The zero-order valence-electron chi connectivity index (χ0n) is 8.16. The summed E-state index contributed by atoms with van der Waals surface area (Å²) >= 11 is 0. The molecule has 0 saturated heterocycles. The minimum absolute atomic E-state index is 0.653. The van der Waals surface area contributed by atoms with E-state index in [4.69, 9.17) is 10.4 Å². The van der Waals surface area contributed by atoms with Gasteiger partial charge in [0.1, 0.15) is 0 Å². The molecule has 0 unspecified atom stereocenters. The van der Waals surface area contributed by atoms with Crippen LogP contribution in [0, 0.1) is 11.3 Å². The molecular weight excluding hydrogens is 178 g/mol. The Hall–Kier alpha value is -2.08. The highest BCUT2D eigenvalue weighted by Gasteiger charge is 1.88. The third-order valence-corrected chi connectivity index (χ3v) is 1.22. The van der Waals surface area contributed by atoms with Gasteiger partial charge in [-0.2, -0.15) is 5.26 Å². The first-order valence-corrected chi connectivity index (χ1v) is 3.74. The number of nitriles is 1. The molecule has 74 valence electrons. The van der Waals surface area contributed by atoms with E-state index in [1.54, 1.807) is 19.1 Å². The van der Waals surface area contributed by atoms with Gasteiger partial charge >= 0.3 is 5.97 Å². The summed E-state index contributed by atoms with van der Waals surface area (Å²) in [5.41, 5.74) is 1.46. The highest BCUT2D eigenvalue weighted by molar-refractivity contribution is 5.78. The molecule has 0 rings (SSSR count). The first-order chi connectivity index (χ1) is 6.53. The quantitative estimate of drug-likeness (QED) is 0.423. The maximum atomic E-state index is 9.25. The predicted molar refractivity (Wildman–Crippen MR) is 56.5 cm³/mol. The molecule has 0 aromatic heterocycles. The minimum atomic E-state index is -0.981. The fourth-order valence-corrected chi connectivity index (χ4v) is 0.454. The van der Waals surface area contributed by atoms with Crippen molar-refractivity contribution in [1.29, 1.82) is 5.26 Å². The lowest BCUT2D eigenvalue weighted by Gasteiger charge is -1.89. The number of carbonyl (C=O) groups is 1. The van der Waals surface area contributed by atoms with E-state index >= 15 is 0 Å². The van der Waals surface area contributed by atoms with Gasteiger partial charge in [-0.1, -0.05) is 31.9 Å². The van der Waals surface area contributed by atoms with Crippen molar-refractivity contribution in [2.24, 2.45) is 0 Å². The van der Waals surface area contributed by atoms with E-state index in [1.165, 1.54) is 0 Å². The summed E-state index contributed by atoms with van der Waals surface area (Å²) in [6, 6.07) is 2.00. The lowest BCUT2D eigenvalue weighted by Crippen LogP contribution is -1.82. The fraction of sp³-hybridized carbons (Fsp3) is 0.0909. The summed E-state index contributed by atoms with van der Waals surface area (Å²) in [5, 5.41) is 16.0. The second kappa shape index (κ2) is 9.01. The molecule has 3 heteroatoms. The van der Waals surface area contributed by atoms with E-state index in [9.17, 15) is 4.79 Å². The maximum absolute atomic E-state index is 9.25. The highest BCUT2D eigenvalue weighted by atomic mass is 16.4. The minimum Gasteiger partial charge on any atom is -0.478 e. The van der Waals surface area contributed by atoms with Gasteiger partial charge in [0.15, 0.2) is 0 Å². The van der Waals surface area contributed by atoms with E-state index in [0.717, 1.165) is 11.6 Å². The monoisotopic (exact) mass is 191 g/mol. The van der Waals surface area contributed by atoms with Crippen LogP contribution in [-0.2, 0) is 4.79 Å². The molecule has 0 aliphatic rings. The topological polar surface area (TPSA) is 61.1 Å². The summed E-state index contributed by atoms with van der Waals surface area (Å²) in [4.78, 5) is 9.25. The van der Waals surface area contributed by atoms with Gasteiger partial charge in [0, 0.05) is 11.6 Å². The van der Waals surface area contributed by atoms with Crippen LogP contribution in [0.15, 0.2) is 49.1 Å². The molecule has 0 aromatic rings. The smallest absolute Gasteiger partial charge is 0.327 e. The van der Waals surface area contributed by atoms with E-state index < -0.39 is 5.97 Å². The van der Waals surface area contributed by atoms with Crippen molar-refractivity contribution in [1.82, 2.24) is 0 Å². The van der Waals surface area contributed by atoms with Gasteiger partial charge in [0.25, 0.3) is 0 Å². The molecule has 0 aliphatic carbocycles. The summed E-state index contributed by atoms with van der Waals surface area (Å²) in [6.45, 7) is 11.7. The Morgan fingerprint density at radius 1 is 1.29 bits per heavy atom. The van der Waals surface area contributed by atoms with E-state index in [2.05, 4.69) is 19.7 Å². The van der Waals surface area contributed by atoms with Gasteiger partial charge in [0.05, 0.1) is 6.07 Å². The highest BCUT2D eigenvalue weighted by Crippen LogP contribution is 2.03. The van der Waals surface area contributed by atoms with Crippen LogP contribution < -0.4 is 0 Å². The van der Waals surface area contributed by atoms with Crippen molar-refractivity contribution in [3.05, 3.63) is 49.1 Å². The number of carboxylic acid groups (broad SMARTS) is 1. The van der Waals surface area contributed by atoms with E-state index in [0.29, 0.717) is 5.57 Å². The zero-order valence-corrected chi connectivity index (χ0v) is 8.16. The molecule has 0 aromatic carbocycles. The maximum Gasteiger partial charge on any atom is 0.327 e. The number of rotatable bonds is 3. The number of aliphatic carboxylic acids is 1. The summed E-state index contributed by atoms with van der Waals surface area (Å²) < 4.78 is 0. The molecule has 0 amide bonds. The SMILES string of the molecule is C=CC(=O)O.C=CC(C=C)=C(C)C#N. The van der Waals surface area contributed by atoms with Crippen molar-refractivity contribution in [2.45, 2.75) is 6.92 Å². The van der Waals surface area contributed by atoms with Crippen molar-refractivity contribution in [3.63, 3.8) is 0 Å². The van der Waals surface area contributed by atoms with E-state index in [1.807, 2.05) is 6.07 Å². The standard InChI is InChI=1S/C8H9N.C3H4O2/c1-4-8(5-2)7(3)6-9;1-2-3(4)5/h4-5H,1-2H2,3H3;2H,1H2,(H,4,5). The Balaban J connectivity index is 0. The molecule has 0 spiro atoms. The summed E-state index contributed by atoms with van der Waals surface area (Å²) in [7, 11) is 0. The van der Waals surface area contributed by atoms with Gasteiger partial charge < -0.3 is 5.11 Å². The molecule has 0 aliphatic heterocycles. The Morgan fingerprint density at radius 2 is 1.64 bits per heavy atom. The lowest BCUT2D eigenvalue weighted by atomic mass is 10.1. The van der Waals surface area contributed by atoms with Crippen LogP contribution in [0.4, 0.5) is 0 Å². The first-order valence-electron chi connectivity index (χ1n) is 3.74.